The van der Waals surface area contributed by atoms with Gasteiger partial charge in [0, 0.05) is 12.1 Å². The molecule has 1 unspecified atom stereocenters. The van der Waals surface area contributed by atoms with Gasteiger partial charge in [-0.1, -0.05) is 38.7 Å². The molecule has 1 fully saturated rings. The summed E-state index contributed by atoms with van der Waals surface area (Å²) in [7, 11) is 0. The van der Waals surface area contributed by atoms with Gasteiger partial charge < -0.3 is 5.32 Å². The maximum absolute atomic E-state index is 13.7. The molecule has 0 heterocycles. The lowest BCUT2D eigenvalue weighted by Gasteiger charge is -2.21. The topological polar surface area (TPSA) is 12.0 Å². The van der Waals surface area contributed by atoms with Gasteiger partial charge in [-0.05, 0) is 36.9 Å². The first-order valence-electron chi connectivity index (χ1n) is 7.36. The van der Waals surface area contributed by atoms with Gasteiger partial charge in [0.1, 0.15) is 11.6 Å². The summed E-state index contributed by atoms with van der Waals surface area (Å²) in [5.41, 5.74) is 0.616. The van der Waals surface area contributed by atoms with Crippen LogP contribution in [0.2, 0.25) is 0 Å². The van der Waals surface area contributed by atoms with Gasteiger partial charge in [0.25, 0.3) is 0 Å². The zero-order valence-corrected chi connectivity index (χ0v) is 11.6. The van der Waals surface area contributed by atoms with E-state index < -0.39 is 11.6 Å². The molecule has 1 atom stereocenters. The maximum atomic E-state index is 13.7. The highest BCUT2D eigenvalue weighted by atomic mass is 19.1. The third-order valence-corrected chi connectivity index (χ3v) is 4.07. The number of rotatable bonds is 6. The van der Waals surface area contributed by atoms with Crippen molar-refractivity contribution < 1.29 is 8.78 Å². The van der Waals surface area contributed by atoms with Gasteiger partial charge in [-0.3, -0.25) is 0 Å². The van der Waals surface area contributed by atoms with Gasteiger partial charge in [0.05, 0.1) is 0 Å². The molecule has 1 aliphatic carbocycles. The van der Waals surface area contributed by atoms with E-state index >= 15 is 0 Å². The van der Waals surface area contributed by atoms with Crippen molar-refractivity contribution in [1.29, 1.82) is 0 Å². The second-order valence-corrected chi connectivity index (χ2v) is 5.58. The smallest absolute Gasteiger partial charge is 0.129 e. The predicted octanol–water partition coefficient (Wildman–Crippen LogP) is 4.07. The summed E-state index contributed by atoms with van der Waals surface area (Å²) in [5, 5.41) is 3.44. The van der Waals surface area contributed by atoms with Crippen LogP contribution in [-0.2, 0) is 6.42 Å². The van der Waals surface area contributed by atoms with Crippen molar-refractivity contribution in [2.75, 3.05) is 6.54 Å². The zero-order chi connectivity index (χ0) is 13.7. The summed E-state index contributed by atoms with van der Waals surface area (Å²) in [6, 6.07) is 4.20. The van der Waals surface area contributed by atoms with E-state index in [1.165, 1.54) is 31.7 Å². The van der Waals surface area contributed by atoms with Crippen molar-refractivity contribution in [1.82, 2.24) is 5.32 Å². The molecule has 0 amide bonds. The van der Waals surface area contributed by atoms with Crippen LogP contribution in [0.25, 0.3) is 0 Å². The van der Waals surface area contributed by atoms with Crippen molar-refractivity contribution in [3.63, 3.8) is 0 Å². The van der Waals surface area contributed by atoms with E-state index in [2.05, 4.69) is 12.2 Å². The van der Waals surface area contributed by atoms with E-state index in [1.807, 2.05) is 0 Å². The third kappa shape index (κ3) is 4.27. The lowest BCUT2D eigenvalue weighted by Crippen LogP contribution is -2.33. The van der Waals surface area contributed by atoms with E-state index in [0.717, 1.165) is 24.9 Å². The lowest BCUT2D eigenvalue weighted by atomic mass is 9.93. The van der Waals surface area contributed by atoms with Crippen LogP contribution in [-0.4, -0.2) is 12.6 Å². The van der Waals surface area contributed by atoms with Gasteiger partial charge in [-0.15, -0.1) is 0 Å². The molecule has 1 aromatic carbocycles. The molecule has 0 bridgehead atoms. The highest BCUT2D eigenvalue weighted by Gasteiger charge is 2.20. The Balaban J connectivity index is 1.98. The Morgan fingerprint density at radius 3 is 2.63 bits per heavy atom. The molecule has 0 radical (unpaired) electrons. The molecule has 19 heavy (non-hydrogen) atoms. The first kappa shape index (κ1) is 14.4. The van der Waals surface area contributed by atoms with Crippen molar-refractivity contribution in [2.24, 2.45) is 5.92 Å². The minimum atomic E-state index is -0.503. The standard InChI is InChI=1S/C16H23F2N/c1-2-19-15(9-12-5-3-4-6-12)10-13-7-8-14(17)11-16(13)18/h7-8,11-12,15,19H,2-6,9-10H2,1H3. The van der Waals surface area contributed by atoms with Crippen molar-refractivity contribution in [3.8, 4) is 0 Å². The fraction of sp³-hybridized carbons (Fsp3) is 0.625. The Labute approximate surface area is 114 Å². The Bertz CT molecular complexity index is 400. The van der Waals surface area contributed by atoms with Gasteiger partial charge >= 0.3 is 0 Å². The lowest BCUT2D eigenvalue weighted by molar-refractivity contribution is 0.386. The molecule has 3 heteroatoms. The average molecular weight is 267 g/mol. The molecular weight excluding hydrogens is 244 g/mol. The van der Waals surface area contributed by atoms with Gasteiger partial charge in [0.2, 0.25) is 0 Å². The highest BCUT2D eigenvalue weighted by molar-refractivity contribution is 5.19. The van der Waals surface area contributed by atoms with Crippen molar-refractivity contribution >= 4 is 0 Å². The van der Waals surface area contributed by atoms with Crippen LogP contribution >= 0.6 is 0 Å². The molecule has 106 valence electrons. The number of nitrogens with one attached hydrogen (secondary N) is 1. The fourth-order valence-corrected chi connectivity index (χ4v) is 3.13. The van der Waals surface area contributed by atoms with Crippen LogP contribution < -0.4 is 5.32 Å². The molecule has 1 aromatic rings. The summed E-state index contributed by atoms with van der Waals surface area (Å²) < 4.78 is 26.6. The number of benzene rings is 1. The monoisotopic (exact) mass is 267 g/mol. The van der Waals surface area contributed by atoms with Crippen LogP contribution in [0.1, 0.15) is 44.6 Å². The average Bonchev–Trinajstić information content (AvgIpc) is 2.86. The highest BCUT2D eigenvalue weighted by Crippen LogP contribution is 2.29. The minimum Gasteiger partial charge on any atom is -0.314 e. The molecule has 0 saturated heterocycles. The van der Waals surface area contributed by atoms with E-state index in [9.17, 15) is 8.78 Å². The van der Waals surface area contributed by atoms with E-state index in [-0.39, 0.29) is 0 Å². The Hall–Kier alpha value is -0.960. The molecule has 0 spiro atoms. The first-order valence-corrected chi connectivity index (χ1v) is 7.36. The first-order chi connectivity index (χ1) is 9.19. The molecule has 1 saturated carbocycles. The van der Waals surface area contributed by atoms with Crippen LogP contribution in [0.15, 0.2) is 18.2 Å². The van der Waals surface area contributed by atoms with Crippen molar-refractivity contribution in [2.45, 2.75) is 51.5 Å². The molecule has 1 aliphatic rings. The van der Waals surface area contributed by atoms with E-state index in [1.54, 1.807) is 6.07 Å². The summed E-state index contributed by atoms with van der Waals surface area (Å²) in [6.07, 6.45) is 7.01. The van der Waals surface area contributed by atoms with Crippen LogP contribution in [0, 0.1) is 17.6 Å². The minimum absolute atomic E-state index is 0.299. The van der Waals surface area contributed by atoms with Gasteiger partial charge in [-0.2, -0.15) is 0 Å². The second-order valence-electron chi connectivity index (χ2n) is 5.58. The quantitative estimate of drug-likeness (QED) is 0.819. The Morgan fingerprint density at radius 2 is 2.00 bits per heavy atom. The number of halogens is 2. The van der Waals surface area contributed by atoms with Crippen LogP contribution in [0.5, 0.6) is 0 Å². The molecule has 1 N–H and O–H groups in total. The van der Waals surface area contributed by atoms with E-state index in [0.29, 0.717) is 18.0 Å². The van der Waals surface area contributed by atoms with Gasteiger partial charge in [0.15, 0.2) is 0 Å². The number of likely N-dealkylation sites (N-methyl/N-ethyl adjacent to an activating group) is 1. The molecule has 1 nitrogen and oxygen atoms in total. The van der Waals surface area contributed by atoms with Crippen molar-refractivity contribution in [3.05, 3.63) is 35.4 Å². The second kappa shape index (κ2) is 6.99. The fourth-order valence-electron chi connectivity index (χ4n) is 3.13. The van der Waals surface area contributed by atoms with E-state index in [4.69, 9.17) is 0 Å². The summed E-state index contributed by atoms with van der Waals surface area (Å²) in [5.74, 6) is -0.154. The summed E-state index contributed by atoms with van der Waals surface area (Å²) in [4.78, 5) is 0. The summed E-state index contributed by atoms with van der Waals surface area (Å²) in [6.45, 7) is 2.96. The summed E-state index contributed by atoms with van der Waals surface area (Å²) >= 11 is 0. The molecule has 2 rings (SSSR count). The zero-order valence-electron chi connectivity index (χ0n) is 11.6. The number of hydrogen-bond acceptors (Lipinski definition) is 1. The van der Waals surface area contributed by atoms with Crippen LogP contribution in [0.4, 0.5) is 8.78 Å². The molecule has 0 aliphatic heterocycles. The Morgan fingerprint density at radius 1 is 1.26 bits per heavy atom. The number of hydrogen-bond donors (Lipinski definition) is 1. The molecule has 0 aromatic heterocycles. The maximum Gasteiger partial charge on any atom is 0.129 e. The normalized spacial score (nSPS) is 17.8. The predicted molar refractivity (Wildman–Crippen MR) is 74.1 cm³/mol. The molecular formula is C16H23F2N. The third-order valence-electron chi connectivity index (χ3n) is 4.07. The van der Waals surface area contributed by atoms with Crippen LogP contribution in [0.3, 0.4) is 0 Å². The SMILES string of the molecule is CCNC(Cc1ccc(F)cc1F)CC1CCCC1. The Kier molecular flexibility index (Phi) is 5.32. The largest absolute Gasteiger partial charge is 0.314 e. The van der Waals surface area contributed by atoms with Gasteiger partial charge in [-0.25, -0.2) is 8.78 Å².